The van der Waals surface area contributed by atoms with E-state index in [0.29, 0.717) is 21.5 Å². The molecule has 1 aromatic carbocycles. The van der Waals surface area contributed by atoms with Gasteiger partial charge in [-0.25, -0.2) is 9.59 Å². The van der Waals surface area contributed by atoms with Crippen molar-refractivity contribution in [3.05, 3.63) is 28.6 Å². The van der Waals surface area contributed by atoms with Gasteiger partial charge in [0.15, 0.2) is 0 Å². The highest BCUT2D eigenvalue weighted by atomic mass is 32.1. The van der Waals surface area contributed by atoms with Gasteiger partial charge in [-0.15, -0.1) is 11.3 Å². The molecular weight excluding hydrogens is 254 g/mol. The molecule has 1 aliphatic heterocycles. The van der Waals surface area contributed by atoms with Crippen LogP contribution < -0.4 is 5.32 Å². The molecule has 0 atom stereocenters. The van der Waals surface area contributed by atoms with E-state index >= 15 is 0 Å². The normalized spacial score (nSPS) is 13.6. The van der Waals surface area contributed by atoms with E-state index in [1.54, 1.807) is 18.2 Å². The summed E-state index contributed by atoms with van der Waals surface area (Å²) < 4.78 is 5.36. The number of carbonyl (C=O) groups is 3. The van der Waals surface area contributed by atoms with Crippen molar-refractivity contribution < 1.29 is 19.1 Å². The molecule has 0 radical (unpaired) electrons. The van der Waals surface area contributed by atoms with Crippen molar-refractivity contribution in [3.63, 3.8) is 0 Å². The maximum absolute atomic E-state index is 11.6. The number of benzene rings is 1. The molecule has 3 rings (SSSR count). The van der Waals surface area contributed by atoms with Gasteiger partial charge in [-0.1, -0.05) is 0 Å². The number of esters is 2. The molecule has 5 nitrogen and oxygen atoms in total. The van der Waals surface area contributed by atoms with E-state index in [2.05, 4.69) is 10.1 Å². The number of carbonyl (C=O) groups excluding carboxylic acids is 3. The van der Waals surface area contributed by atoms with Gasteiger partial charge in [0, 0.05) is 22.7 Å². The van der Waals surface area contributed by atoms with Gasteiger partial charge in [-0.2, -0.15) is 0 Å². The summed E-state index contributed by atoms with van der Waals surface area (Å²) >= 11 is 1.22. The predicted octanol–water partition coefficient (Wildman–Crippen LogP) is 2.17. The Kier molecular flexibility index (Phi) is 2.21. The molecule has 0 fully saturated rings. The molecule has 18 heavy (non-hydrogen) atoms. The third kappa shape index (κ3) is 1.50. The number of amides is 1. The van der Waals surface area contributed by atoms with E-state index in [-0.39, 0.29) is 5.91 Å². The number of nitrogens with one attached hydrogen (secondary N) is 1. The number of ether oxygens (including phenoxy) is 1. The van der Waals surface area contributed by atoms with Crippen LogP contribution in [0.25, 0.3) is 10.1 Å². The Hall–Kier alpha value is -2.21. The number of cyclic esters (lactones) is 2. The second kappa shape index (κ2) is 3.64. The molecular formula is C12H7NO4S. The van der Waals surface area contributed by atoms with Crippen molar-refractivity contribution in [1.82, 2.24) is 0 Å². The third-order valence-corrected chi connectivity index (χ3v) is 3.73. The van der Waals surface area contributed by atoms with Crippen LogP contribution in [0.1, 0.15) is 27.0 Å². The first kappa shape index (κ1) is 10.9. The Labute approximate surface area is 105 Å². The van der Waals surface area contributed by atoms with Crippen LogP contribution in [0.3, 0.4) is 0 Å². The van der Waals surface area contributed by atoms with Crippen molar-refractivity contribution in [3.8, 4) is 0 Å². The molecule has 1 aromatic heterocycles. The summed E-state index contributed by atoms with van der Waals surface area (Å²) in [6.07, 6.45) is 0. The zero-order chi connectivity index (χ0) is 12.9. The van der Waals surface area contributed by atoms with Crippen molar-refractivity contribution in [2.24, 2.45) is 0 Å². The maximum Gasteiger partial charge on any atom is 0.357 e. The number of hydrogen-bond donors (Lipinski definition) is 1. The molecule has 0 bridgehead atoms. The summed E-state index contributed by atoms with van der Waals surface area (Å²) in [6, 6.07) is 5.17. The second-order valence-electron chi connectivity index (χ2n) is 3.88. The van der Waals surface area contributed by atoms with E-state index in [0.717, 1.165) is 4.70 Å². The first-order chi connectivity index (χ1) is 8.56. The molecule has 6 heteroatoms. The molecule has 1 amide bonds. The topological polar surface area (TPSA) is 72.5 Å². The van der Waals surface area contributed by atoms with E-state index in [1.807, 2.05) is 0 Å². The fraction of sp³-hybridized carbons (Fsp3) is 0.0833. The summed E-state index contributed by atoms with van der Waals surface area (Å²) in [4.78, 5) is 34.3. The highest BCUT2D eigenvalue weighted by Crippen LogP contribution is 2.37. The summed E-state index contributed by atoms with van der Waals surface area (Å²) in [7, 11) is 0. The SMILES string of the molecule is CC(=O)Nc1ccc2sc3c(c2c1)C(=O)OC3=O. The zero-order valence-electron chi connectivity index (χ0n) is 9.27. The monoisotopic (exact) mass is 261 g/mol. The smallest absolute Gasteiger partial charge is 0.357 e. The number of anilines is 1. The Morgan fingerprint density at radius 1 is 1.28 bits per heavy atom. The minimum atomic E-state index is -0.624. The highest BCUT2D eigenvalue weighted by molar-refractivity contribution is 7.21. The summed E-state index contributed by atoms with van der Waals surface area (Å²) in [5, 5.41) is 3.27. The lowest BCUT2D eigenvalue weighted by Gasteiger charge is -2.01. The van der Waals surface area contributed by atoms with E-state index in [9.17, 15) is 14.4 Å². The molecule has 1 N–H and O–H groups in total. The lowest BCUT2D eigenvalue weighted by molar-refractivity contribution is -0.114. The average molecular weight is 261 g/mol. The van der Waals surface area contributed by atoms with Crippen LogP contribution >= 0.6 is 11.3 Å². The van der Waals surface area contributed by atoms with Gasteiger partial charge in [0.2, 0.25) is 5.91 Å². The molecule has 0 saturated heterocycles. The largest absolute Gasteiger partial charge is 0.385 e. The van der Waals surface area contributed by atoms with Gasteiger partial charge in [0.1, 0.15) is 4.88 Å². The first-order valence-corrected chi connectivity index (χ1v) is 5.98. The van der Waals surface area contributed by atoms with E-state index < -0.39 is 11.9 Å². The van der Waals surface area contributed by atoms with Crippen molar-refractivity contribution >= 4 is 45.0 Å². The van der Waals surface area contributed by atoms with E-state index in [4.69, 9.17) is 0 Å². The minimum absolute atomic E-state index is 0.195. The third-order valence-electron chi connectivity index (χ3n) is 2.58. The number of fused-ring (bicyclic) bond motifs is 3. The van der Waals surface area contributed by atoms with Crippen LogP contribution in [-0.2, 0) is 9.53 Å². The fourth-order valence-corrected chi connectivity index (χ4v) is 2.95. The van der Waals surface area contributed by atoms with Gasteiger partial charge in [0.05, 0.1) is 5.56 Å². The molecule has 0 spiro atoms. The lowest BCUT2D eigenvalue weighted by atomic mass is 10.1. The van der Waals surface area contributed by atoms with Crippen molar-refractivity contribution in [1.29, 1.82) is 0 Å². The van der Waals surface area contributed by atoms with Gasteiger partial charge in [-0.05, 0) is 18.2 Å². The number of thiophene rings is 1. The predicted molar refractivity (Wildman–Crippen MR) is 65.9 cm³/mol. The lowest BCUT2D eigenvalue weighted by Crippen LogP contribution is -2.05. The first-order valence-electron chi connectivity index (χ1n) is 5.17. The Morgan fingerprint density at radius 3 is 2.78 bits per heavy atom. The van der Waals surface area contributed by atoms with Crippen LogP contribution in [0.5, 0.6) is 0 Å². The van der Waals surface area contributed by atoms with Crippen LogP contribution in [0, 0.1) is 0 Å². The molecule has 0 aliphatic carbocycles. The van der Waals surface area contributed by atoms with Crippen LogP contribution in [0.4, 0.5) is 5.69 Å². The van der Waals surface area contributed by atoms with E-state index in [1.165, 1.54) is 18.3 Å². The average Bonchev–Trinajstić information content (AvgIpc) is 2.77. The fourth-order valence-electron chi connectivity index (χ4n) is 1.91. The van der Waals surface area contributed by atoms with Crippen molar-refractivity contribution in [2.45, 2.75) is 6.92 Å². The minimum Gasteiger partial charge on any atom is -0.385 e. The summed E-state index contributed by atoms with van der Waals surface area (Å²) in [5.41, 5.74) is 0.884. The molecule has 0 saturated carbocycles. The van der Waals surface area contributed by atoms with Gasteiger partial charge in [-0.3, -0.25) is 4.79 Å². The zero-order valence-corrected chi connectivity index (χ0v) is 10.1. The molecule has 1 aliphatic rings. The van der Waals surface area contributed by atoms with Crippen LogP contribution in [0.15, 0.2) is 18.2 Å². The number of rotatable bonds is 1. The maximum atomic E-state index is 11.6. The Bertz CT molecular complexity index is 716. The Balaban J connectivity index is 2.22. The molecule has 0 unspecified atom stereocenters. The number of hydrogen-bond acceptors (Lipinski definition) is 5. The Morgan fingerprint density at radius 2 is 2.06 bits per heavy atom. The van der Waals surface area contributed by atoms with Crippen LogP contribution in [0.2, 0.25) is 0 Å². The van der Waals surface area contributed by atoms with Gasteiger partial charge < -0.3 is 10.1 Å². The summed E-state index contributed by atoms with van der Waals surface area (Å²) in [6.45, 7) is 1.40. The molecule has 90 valence electrons. The molecule has 2 aromatic rings. The van der Waals surface area contributed by atoms with Gasteiger partial charge >= 0.3 is 11.9 Å². The van der Waals surface area contributed by atoms with Gasteiger partial charge in [0.25, 0.3) is 0 Å². The standard InChI is InChI=1S/C12H7NO4S/c1-5(14)13-6-2-3-8-7(4-6)9-10(18-8)12(16)17-11(9)15/h2-4H,1H3,(H,13,14). The van der Waals surface area contributed by atoms with Crippen LogP contribution in [-0.4, -0.2) is 17.8 Å². The highest BCUT2D eigenvalue weighted by Gasteiger charge is 2.34. The summed E-state index contributed by atoms with van der Waals surface area (Å²) in [5.74, 6) is -1.42. The second-order valence-corrected chi connectivity index (χ2v) is 4.93. The van der Waals surface area contributed by atoms with Crippen molar-refractivity contribution in [2.75, 3.05) is 5.32 Å². The molecule has 2 heterocycles. The quantitative estimate of drug-likeness (QED) is 0.630.